The fourth-order valence-corrected chi connectivity index (χ4v) is 0.839. The lowest BCUT2D eigenvalue weighted by molar-refractivity contribution is -0.268. The van der Waals surface area contributed by atoms with Gasteiger partial charge in [-0.3, -0.25) is 0 Å². The minimum atomic E-state index is -0.116. The molecule has 0 aromatic heterocycles. The van der Waals surface area contributed by atoms with Crippen LogP contribution in [0.15, 0.2) is 24.3 Å². The van der Waals surface area contributed by atoms with E-state index in [1.807, 2.05) is 0 Å². The fourth-order valence-electron chi connectivity index (χ4n) is 0.670. The van der Waals surface area contributed by atoms with Gasteiger partial charge >= 0.3 is 0 Å². The number of benzene rings is 1. The summed E-state index contributed by atoms with van der Waals surface area (Å²) in [4.78, 5) is 0.158. The lowest BCUT2D eigenvalue weighted by atomic mass is 10.2. The third kappa shape index (κ3) is 1.25. The molecule has 1 aromatic rings. The first-order valence-electron chi connectivity index (χ1n) is 2.77. The van der Waals surface area contributed by atoms with Crippen LogP contribution >= 0.6 is 12.2 Å². The number of thiocarbonyl (C=S) groups is 1. The summed E-state index contributed by atoms with van der Waals surface area (Å²) in [5, 5.41) is 10.9. The lowest BCUT2D eigenvalue weighted by Crippen LogP contribution is -2.12. The van der Waals surface area contributed by atoms with E-state index in [1.165, 1.54) is 6.07 Å². The molecule has 0 saturated carbocycles. The van der Waals surface area contributed by atoms with Gasteiger partial charge in [0, 0.05) is 5.56 Å². The van der Waals surface area contributed by atoms with Crippen molar-refractivity contribution >= 4 is 17.2 Å². The van der Waals surface area contributed by atoms with E-state index in [0.29, 0.717) is 5.56 Å². The molecule has 0 fully saturated rings. The smallest absolute Gasteiger partial charge is 0.103 e. The molecule has 0 aliphatic carbocycles. The van der Waals surface area contributed by atoms with Gasteiger partial charge in [-0.1, -0.05) is 42.2 Å². The van der Waals surface area contributed by atoms with Crippen LogP contribution in [0.5, 0.6) is 5.75 Å². The molecular weight excluding hydrogens is 146 g/mol. The summed E-state index contributed by atoms with van der Waals surface area (Å²) in [5.74, 6) is -0.116. The number of nitrogens with two attached hydrogens (primary N) is 1. The van der Waals surface area contributed by atoms with Crippen molar-refractivity contribution in [1.82, 2.24) is 0 Å². The maximum absolute atomic E-state index is 10.9. The molecule has 1 rings (SSSR count). The zero-order valence-corrected chi connectivity index (χ0v) is 6.02. The summed E-state index contributed by atoms with van der Waals surface area (Å²) in [6.45, 7) is 0. The molecule has 0 spiro atoms. The summed E-state index contributed by atoms with van der Waals surface area (Å²) >= 11 is 4.63. The van der Waals surface area contributed by atoms with Gasteiger partial charge in [0.25, 0.3) is 0 Å². The lowest BCUT2D eigenvalue weighted by Gasteiger charge is -2.09. The molecule has 0 heterocycles. The molecule has 0 radical (unpaired) electrons. The summed E-state index contributed by atoms with van der Waals surface area (Å²) in [6, 6.07) is 6.44. The molecule has 0 atom stereocenters. The molecule has 0 aliphatic rings. The van der Waals surface area contributed by atoms with Crippen molar-refractivity contribution in [2.75, 3.05) is 0 Å². The Morgan fingerprint density at radius 2 is 2.00 bits per heavy atom. The van der Waals surface area contributed by atoms with Gasteiger partial charge in [-0.25, -0.2) is 0 Å². The van der Waals surface area contributed by atoms with Crippen LogP contribution in [0.25, 0.3) is 0 Å². The van der Waals surface area contributed by atoms with Gasteiger partial charge in [-0.05, 0) is 0 Å². The fraction of sp³-hybridized carbons (Fsp3) is 0. The number of rotatable bonds is 1. The van der Waals surface area contributed by atoms with Crippen LogP contribution in [-0.4, -0.2) is 4.99 Å². The molecule has 10 heavy (non-hydrogen) atoms. The van der Waals surface area contributed by atoms with E-state index in [4.69, 9.17) is 5.73 Å². The molecule has 0 aliphatic heterocycles. The van der Waals surface area contributed by atoms with Crippen molar-refractivity contribution in [3.63, 3.8) is 0 Å². The number of hydrogen-bond donors (Lipinski definition) is 1. The van der Waals surface area contributed by atoms with E-state index in [-0.39, 0.29) is 10.7 Å². The van der Waals surface area contributed by atoms with Crippen molar-refractivity contribution < 1.29 is 5.11 Å². The van der Waals surface area contributed by atoms with Crippen LogP contribution in [0.4, 0.5) is 0 Å². The maximum Gasteiger partial charge on any atom is 0.103 e. The molecule has 52 valence electrons. The second kappa shape index (κ2) is 2.66. The van der Waals surface area contributed by atoms with E-state index in [0.717, 1.165) is 0 Å². The van der Waals surface area contributed by atoms with Gasteiger partial charge in [0.2, 0.25) is 0 Å². The highest BCUT2D eigenvalue weighted by molar-refractivity contribution is 7.80. The molecule has 2 nitrogen and oxygen atoms in total. The van der Waals surface area contributed by atoms with E-state index < -0.39 is 0 Å². The largest absolute Gasteiger partial charge is 0.872 e. The van der Waals surface area contributed by atoms with Crippen molar-refractivity contribution in [1.29, 1.82) is 0 Å². The van der Waals surface area contributed by atoms with Gasteiger partial charge in [0.15, 0.2) is 0 Å². The maximum atomic E-state index is 10.9. The van der Waals surface area contributed by atoms with Gasteiger partial charge in [-0.2, -0.15) is 0 Å². The Hall–Kier alpha value is -1.09. The predicted octanol–water partition coefficient (Wildman–Crippen LogP) is 0.394. The second-order valence-electron chi connectivity index (χ2n) is 1.86. The Morgan fingerprint density at radius 3 is 2.40 bits per heavy atom. The molecule has 0 unspecified atom stereocenters. The Labute approximate surface area is 64.3 Å². The quantitative estimate of drug-likeness (QED) is 0.592. The average molecular weight is 152 g/mol. The predicted molar refractivity (Wildman–Crippen MR) is 41.8 cm³/mol. The van der Waals surface area contributed by atoms with Gasteiger partial charge < -0.3 is 10.8 Å². The molecule has 2 N–H and O–H groups in total. The van der Waals surface area contributed by atoms with Crippen molar-refractivity contribution in [3.8, 4) is 5.75 Å². The van der Waals surface area contributed by atoms with Crippen LogP contribution in [0, 0.1) is 0 Å². The third-order valence-electron chi connectivity index (χ3n) is 1.15. The topological polar surface area (TPSA) is 49.1 Å². The average Bonchev–Trinajstić information content (AvgIpc) is 1.88. The van der Waals surface area contributed by atoms with Crippen LogP contribution in [-0.2, 0) is 0 Å². The summed E-state index contributed by atoms with van der Waals surface area (Å²) < 4.78 is 0. The Bertz CT molecular complexity index is 260. The Kier molecular flexibility index (Phi) is 1.87. The van der Waals surface area contributed by atoms with Gasteiger partial charge in [0.05, 0.1) is 0 Å². The van der Waals surface area contributed by atoms with Crippen LogP contribution in [0.1, 0.15) is 5.56 Å². The van der Waals surface area contributed by atoms with Crippen LogP contribution in [0.3, 0.4) is 0 Å². The molecule has 0 saturated heterocycles. The Morgan fingerprint density at radius 1 is 1.40 bits per heavy atom. The minimum absolute atomic E-state index is 0.116. The van der Waals surface area contributed by atoms with Crippen molar-refractivity contribution in [2.45, 2.75) is 0 Å². The number of para-hydroxylation sites is 1. The summed E-state index contributed by atoms with van der Waals surface area (Å²) in [6.07, 6.45) is 0. The summed E-state index contributed by atoms with van der Waals surface area (Å²) in [5.41, 5.74) is 5.66. The summed E-state index contributed by atoms with van der Waals surface area (Å²) in [7, 11) is 0. The van der Waals surface area contributed by atoms with Crippen molar-refractivity contribution in [2.24, 2.45) is 5.73 Å². The molecular formula is C7H6NOS-. The van der Waals surface area contributed by atoms with E-state index in [9.17, 15) is 5.11 Å². The van der Waals surface area contributed by atoms with E-state index >= 15 is 0 Å². The van der Waals surface area contributed by atoms with Gasteiger partial charge in [-0.15, -0.1) is 0 Å². The van der Waals surface area contributed by atoms with E-state index in [2.05, 4.69) is 12.2 Å². The molecule has 1 aromatic carbocycles. The first kappa shape index (κ1) is 7.02. The van der Waals surface area contributed by atoms with E-state index in [1.54, 1.807) is 18.2 Å². The first-order valence-corrected chi connectivity index (χ1v) is 3.18. The highest BCUT2D eigenvalue weighted by atomic mass is 32.1. The van der Waals surface area contributed by atoms with Gasteiger partial charge in [0.1, 0.15) is 4.99 Å². The molecule has 0 bridgehead atoms. The Balaban J connectivity index is 3.15. The molecule has 3 heteroatoms. The SMILES string of the molecule is NC(=S)c1ccccc1[O-]. The minimum Gasteiger partial charge on any atom is -0.872 e. The third-order valence-corrected chi connectivity index (χ3v) is 1.37. The number of hydrogen-bond acceptors (Lipinski definition) is 2. The monoisotopic (exact) mass is 152 g/mol. The highest BCUT2D eigenvalue weighted by Crippen LogP contribution is 2.10. The first-order chi connectivity index (χ1) is 4.72. The van der Waals surface area contributed by atoms with Crippen molar-refractivity contribution in [3.05, 3.63) is 29.8 Å². The second-order valence-corrected chi connectivity index (χ2v) is 2.30. The molecule has 0 amide bonds. The van der Waals surface area contributed by atoms with Crippen LogP contribution in [0.2, 0.25) is 0 Å². The normalized spacial score (nSPS) is 9.20. The highest BCUT2D eigenvalue weighted by Gasteiger charge is 1.92. The zero-order chi connectivity index (χ0) is 7.56. The standard InChI is InChI=1S/C7H7NOS/c8-7(10)5-3-1-2-4-6(5)9/h1-4,9H,(H2,8,10)/p-1. The van der Waals surface area contributed by atoms with Crippen LogP contribution < -0.4 is 10.8 Å². The zero-order valence-electron chi connectivity index (χ0n) is 5.20.